The number of aliphatic hydroxyl groups excluding tert-OH is 2. The number of carbonyl (C=O) groups excluding carboxylic acids is 3. The van der Waals surface area contributed by atoms with E-state index >= 15 is 0 Å². The van der Waals surface area contributed by atoms with Crippen LogP contribution in [0.2, 0.25) is 0 Å². The smallest absolute Gasteiger partial charge is 0.314 e. The quantitative estimate of drug-likeness (QED) is 0.178. The average Bonchev–Trinajstić information content (AvgIpc) is 2.97. The molecule has 0 aromatic heterocycles. The number of aliphatic hydroxyl groups is 2. The Morgan fingerprint density at radius 3 is 2.54 bits per heavy atom. The minimum atomic E-state index is -0.651. The largest absolute Gasteiger partial charge is 0.396 e. The van der Waals surface area contributed by atoms with Gasteiger partial charge in [0.15, 0.2) is 0 Å². The van der Waals surface area contributed by atoms with Crippen molar-refractivity contribution in [3.8, 4) is 0 Å². The fraction of sp³-hybridized carbons (Fsp3) is 0.722. The van der Waals surface area contributed by atoms with E-state index in [9.17, 15) is 24.6 Å². The summed E-state index contributed by atoms with van der Waals surface area (Å²) in [5.74, 6) is -0.305. The third kappa shape index (κ3) is 9.09. The first-order valence-corrected chi connectivity index (χ1v) is 9.14. The molecule has 0 spiro atoms. The van der Waals surface area contributed by atoms with Crippen LogP contribution >= 0.6 is 0 Å². The number of aldehydes is 1. The number of amides is 3. The van der Waals surface area contributed by atoms with E-state index in [1.807, 2.05) is 0 Å². The van der Waals surface area contributed by atoms with Gasteiger partial charge in [-0.15, -0.1) is 0 Å². The molecule has 0 aromatic rings. The molecule has 1 fully saturated rings. The van der Waals surface area contributed by atoms with Gasteiger partial charge < -0.3 is 30.5 Å². The molecule has 9 nitrogen and oxygen atoms in total. The third-order valence-corrected chi connectivity index (χ3v) is 4.86. The first-order chi connectivity index (χ1) is 12.9. The van der Waals surface area contributed by atoms with Crippen molar-refractivity contribution in [1.82, 2.24) is 15.5 Å². The Morgan fingerprint density at radius 1 is 1.25 bits per heavy atom. The van der Waals surface area contributed by atoms with Crippen molar-refractivity contribution < 1.29 is 62.0 Å². The van der Waals surface area contributed by atoms with Crippen LogP contribution < -0.4 is 10.6 Å². The second-order valence-electron chi connectivity index (χ2n) is 6.71. The number of rotatable bonds is 11. The van der Waals surface area contributed by atoms with Gasteiger partial charge in [-0.3, -0.25) is 9.59 Å². The zero-order valence-electron chi connectivity index (χ0n) is 16.5. The molecule has 0 bridgehead atoms. The molecule has 4 N–H and O–H groups in total. The number of hydrogen-bond acceptors (Lipinski definition) is 6. The fourth-order valence-corrected chi connectivity index (χ4v) is 3.33. The number of allylic oxidation sites excluding steroid dienone is 1. The maximum atomic E-state index is 11.7. The molecule has 1 aliphatic carbocycles. The number of ether oxygens (including phenoxy) is 1. The molecule has 4 unspecified atom stereocenters. The monoisotopic (exact) mass is 474 g/mol. The third-order valence-electron chi connectivity index (χ3n) is 4.86. The zero-order chi connectivity index (χ0) is 20.2. The Bertz CT molecular complexity index is 520. The summed E-state index contributed by atoms with van der Waals surface area (Å²) < 4.78 is 5.35. The van der Waals surface area contributed by atoms with Crippen LogP contribution in [0.15, 0.2) is 12.2 Å². The standard InChI is InChI=1S/C18H31N3O6.Y/c1-21(15(24)6-4-10-22)9-8-20-18(26)19-7-3-5-13-11-14(12-23)16(25)17(13)27-2;/h4,6,10,13-14,16-17,23,25H,3,5,7-9,11-12H2,1-2H3,(H2,19,20,26);/b6-4-;. The number of methoxy groups -OCH3 is 1. The predicted octanol–water partition coefficient (Wildman–Crippen LogP) is -0.719. The minimum absolute atomic E-state index is 0. The van der Waals surface area contributed by atoms with E-state index < -0.39 is 6.10 Å². The fourth-order valence-electron chi connectivity index (χ4n) is 3.33. The summed E-state index contributed by atoms with van der Waals surface area (Å²) in [6, 6.07) is -0.317. The van der Waals surface area contributed by atoms with Crippen molar-refractivity contribution >= 4 is 18.2 Å². The number of carbonyl (C=O) groups is 3. The number of nitrogens with zero attached hydrogens (tertiary/aromatic N) is 1. The Labute approximate surface area is 191 Å². The number of nitrogens with one attached hydrogen (secondary N) is 2. The van der Waals surface area contributed by atoms with Crippen molar-refractivity contribution in [3.05, 3.63) is 12.2 Å². The predicted molar refractivity (Wildman–Crippen MR) is 99.0 cm³/mol. The molecule has 3 amide bonds. The topological polar surface area (TPSA) is 128 Å². The second-order valence-corrected chi connectivity index (χ2v) is 6.71. The normalized spacial score (nSPS) is 23.9. The molecule has 0 heterocycles. The summed E-state index contributed by atoms with van der Waals surface area (Å²) in [5, 5.41) is 24.8. The first-order valence-electron chi connectivity index (χ1n) is 9.14. The van der Waals surface area contributed by atoms with Crippen LogP contribution in [-0.4, -0.2) is 85.9 Å². The molecule has 1 saturated carbocycles. The van der Waals surface area contributed by atoms with E-state index in [0.717, 1.165) is 18.9 Å². The summed E-state index contributed by atoms with van der Waals surface area (Å²) >= 11 is 0. The van der Waals surface area contributed by atoms with Gasteiger partial charge in [-0.2, -0.15) is 0 Å². The van der Waals surface area contributed by atoms with Crippen molar-refractivity contribution in [2.45, 2.75) is 31.5 Å². The Kier molecular flexibility index (Phi) is 14.6. The molecule has 157 valence electrons. The first kappa shape index (κ1) is 27.1. The minimum Gasteiger partial charge on any atom is -0.396 e. The molecule has 1 rings (SSSR count). The van der Waals surface area contributed by atoms with Gasteiger partial charge in [0.25, 0.3) is 0 Å². The van der Waals surface area contributed by atoms with Gasteiger partial charge in [0.05, 0.1) is 12.2 Å². The maximum Gasteiger partial charge on any atom is 0.314 e. The number of urea groups is 1. The van der Waals surface area contributed by atoms with Gasteiger partial charge in [-0.25, -0.2) is 4.79 Å². The molecule has 4 atom stereocenters. The van der Waals surface area contributed by atoms with Crippen LogP contribution in [-0.2, 0) is 47.0 Å². The molecule has 28 heavy (non-hydrogen) atoms. The molecule has 0 aliphatic heterocycles. The van der Waals surface area contributed by atoms with Crippen LogP contribution in [0.1, 0.15) is 19.3 Å². The molecule has 0 aromatic carbocycles. The van der Waals surface area contributed by atoms with Crippen molar-refractivity contribution in [3.63, 3.8) is 0 Å². The molecule has 10 heteroatoms. The molecule has 0 saturated heterocycles. The van der Waals surface area contributed by atoms with E-state index in [-0.39, 0.29) is 69.2 Å². The van der Waals surface area contributed by atoms with Crippen LogP contribution in [0.4, 0.5) is 4.79 Å². The van der Waals surface area contributed by atoms with Gasteiger partial charge >= 0.3 is 6.03 Å². The van der Waals surface area contributed by atoms with Crippen LogP contribution in [0.3, 0.4) is 0 Å². The molecule has 1 radical (unpaired) electrons. The van der Waals surface area contributed by atoms with Gasteiger partial charge in [-0.1, -0.05) is 0 Å². The summed E-state index contributed by atoms with van der Waals surface area (Å²) in [6.07, 6.45) is 4.12. The number of likely N-dealkylation sites (N-methyl/N-ethyl adjacent to an activating group) is 1. The summed E-state index contributed by atoms with van der Waals surface area (Å²) in [5.41, 5.74) is 0. The van der Waals surface area contributed by atoms with Gasteiger partial charge in [0, 0.05) is 85.1 Å². The summed E-state index contributed by atoms with van der Waals surface area (Å²) in [6.45, 7) is 1.05. The van der Waals surface area contributed by atoms with Crippen LogP contribution in [0.25, 0.3) is 0 Å². The van der Waals surface area contributed by atoms with E-state index in [0.29, 0.717) is 32.3 Å². The summed E-state index contributed by atoms with van der Waals surface area (Å²) in [7, 11) is 3.14. The van der Waals surface area contributed by atoms with Crippen LogP contribution in [0.5, 0.6) is 0 Å². The average molecular weight is 474 g/mol. The number of hydrogen-bond donors (Lipinski definition) is 4. The Morgan fingerprint density at radius 2 is 1.93 bits per heavy atom. The van der Waals surface area contributed by atoms with E-state index in [4.69, 9.17) is 4.74 Å². The van der Waals surface area contributed by atoms with E-state index in [1.54, 1.807) is 14.2 Å². The van der Waals surface area contributed by atoms with E-state index in [1.165, 1.54) is 11.0 Å². The maximum absolute atomic E-state index is 11.7. The Balaban J connectivity index is 0.00000729. The zero-order valence-corrected chi connectivity index (χ0v) is 19.4. The molecular weight excluding hydrogens is 443 g/mol. The summed E-state index contributed by atoms with van der Waals surface area (Å²) in [4.78, 5) is 34.9. The molecular formula is C18H31N3O6Y. The van der Waals surface area contributed by atoms with Crippen molar-refractivity contribution in [2.75, 3.05) is 40.4 Å². The SMILES string of the molecule is COC1C(CCCNC(=O)NCCN(C)C(=O)/C=C\C=O)CC(CO)C1O.[Y]. The Hall–Kier alpha value is -0.866. The molecule has 1 aliphatic rings. The van der Waals surface area contributed by atoms with Crippen LogP contribution in [0, 0.1) is 11.8 Å². The van der Waals surface area contributed by atoms with Gasteiger partial charge in [0.1, 0.15) is 6.29 Å². The van der Waals surface area contributed by atoms with E-state index in [2.05, 4.69) is 10.6 Å². The van der Waals surface area contributed by atoms with Crippen molar-refractivity contribution in [1.29, 1.82) is 0 Å². The van der Waals surface area contributed by atoms with Gasteiger partial charge in [-0.05, 0) is 31.3 Å². The van der Waals surface area contributed by atoms with Crippen molar-refractivity contribution in [2.24, 2.45) is 11.8 Å². The second kappa shape index (κ2) is 15.0. The van der Waals surface area contributed by atoms with Gasteiger partial charge in [0.2, 0.25) is 5.91 Å².